The van der Waals surface area contributed by atoms with Crippen LogP contribution in [-0.4, -0.2) is 46.2 Å². The number of H-pyrrole nitrogens is 1. The van der Waals surface area contributed by atoms with Crippen molar-refractivity contribution in [2.75, 3.05) is 13.7 Å². The van der Waals surface area contributed by atoms with Gasteiger partial charge in [0.25, 0.3) is 0 Å². The highest BCUT2D eigenvalue weighted by molar-refractivity contribution is 5.93. The largest absolute Gasteiger partial charge is 0.465 e. The fourth-order valence-electron chi connectivity index (χ4n) is 2.62. The normalized spacial score (nSPS) is 12.7. The van der Waals surface area contributed by atoms with E-state index in [1.54, 1.807) is 23.1 Å². The van der Waals surface area contributed by atoms with E-state index in [1.807, 2.05) is 34.6 Å². The molecule has 1 atom stereocenters. The summed E-state index contributed by atoms with van der Waals surface area (Å²) < 4.78 is 10.3. The number of hydrogen-bond acceptors (Lipinski definition) is 5. The van der Waals surface area contributed by atoms with Crippen LogP contribution in [0.4, 0.5) is 4.79 Å². The molecule has 0 fully saturated rings. The third-order valence-corrected chi connectivity index (χ3v) is 3.88. The number of hydrogen-bond donors (Lipinski definition) is 1. The van der Waals surface area contributed by atoms with Crippen molar-refractivity contribution in [2.24, 2.45) is 0 Å². The Bertz CT molecular complexity index is 792. The molecule has 26 heavy (non-hydrogen) atoms. The van der Waals surface area contributed by atoms with Gasteiger partial charge in [-0.2, -0.15) is 0 Å². The van der Waals surface area contributed by atoms with Gasteiger partial charge in [0.2, 0.25) is 0 Å². The highest BCUT2D eigenvalue weighted by Gasteiger charge is 2.28. The zero-order chi connectivity index (χ0) is 19.5. The van der Waals surface area contributed by atoms with Crippen LogP contribution in [0.5, 0.6) is 0 Å². The molecule has 0 bridgehead atoms. The van der Waals surface area contributed by atoms with Crippen LogP contribution in [0.3, 0.4) is 0 Å². The summed E-state index contributed by atoms with van der Waals surface area (Å²) in [6.07, 6.45) is 0.429. The molecule has 1 amide bonds. The molecular weight excluding hydrogens is 334 g/mol. The summed E-state index contributed by atoms with van der Waals surface area (Å²) in [5, 5.41) is 0. The molecule has 1 heterocycles. The molecule has 2 rings (SSSR count). The van der Waals surface area contributed by atoms with Crippen molar-refractivity contribution in [1.82, 2.24) is 14.9 Å². The predicted molar refractivity (Wildman–Crippen MR) is 99.1 cm³/mol. The molecule has 0 aliphatic carbocycles. The van der Waals surface area contributed by atoms with E-state index in [0.29, 0.717) is 17.9 Å². The maximum absolute atomic E-state index is 12.6. The Morgan fingerprint density at radius 2 is 2.00 bits per heavy atom. The lowest BCUT2D eigenvalue weighted by molar-refractivity contribution is 0.0166. The van der Waals surface area contributed by atoms with Crippen molar-refractivity contribution in [2.45, 2.75) is 52.7 Å². The van der Waals surface area contributed by atoms with Gasteiger partial charge in [-0.3, -0.25) is 4.90 Å². The maximum atomic E-state index is 12.6. The maximum Gasteiger partial charge on any atom is 0.410 e. The number of methoxy groups -OCH3 is 1. The Hall–Kier alpha value is -2.57. The number of rotatable bonds is 5. The van der Waals surface area contributed by atoms with Crippen molar-refractivity contribution < 1.29 is 19.1 Å². The topological polar surface area (TPSA) is 84.5 Å². The second-order valence-electron chi connectivity index (χ2n) is 7.20. The number of aromatic nitrogens is 2. The van der Waals surface area contributed by atoms with Crippen LogP contribution in [0.2, 0.25) is 0 Å². The quantitative estimate of drug-likeness (QED) is 0.812. The highest BCUT2D eigenvalue weighted by Crippen LogP contribution is 2.24. The fraction of sp³-hybridized carbons (Fsp3) is 0.526. The van der Waals surface area contributed by atoms with Crippen LogP contribution in [-0.2, 0) is 9.47 Å². The minimum Gasteiger partial charge on any atom is -0.465 e. The second-order valence-corrected chi connectivity index (χ2v) is 7.20. The zero-order valence-corrected chi connectivity index (χ0v) is 16.3. The lowest BCUT2D eigenvalue weighted by Crippen LogP contribution is -2.39. The zero-order valence-electron chi connectivity index (χ0n) is 16.3. The molecule has 0 saturated carbocycles. The Kier molecular flexibility index (Phi) is 5.90. The number of benzene rings is 1. The molecule has 142 valence electrons. The van der Waals surface area contributed by atoms with E-state index in [4.69, 9.17) is 9.47 Å². The Morgan fingerprint density at radius 1 is 1.31 bits per heavy atom. The van der Waals surface area contributed by atoms with Gasteiger partial charge >= 0.3 is 12.1 Å². The van der Waals surface area contributed by atoms with Crippen LogP contribution in [0.15, 0.2) is 18.2 Å². The monoisotopic (exact) mass is 361 g/mol. The van der Waals surface area contributed by atoms with E-state index >= 15 is 0 Å². The average molecular weight is 361 g/mol. The Balaban J connectivity index is 2.31. The molecule has 1 aromatic carbocycles. The van der Waals surface area contributed by atoms with Gasteiger partial charge in [0.15, 0.2) is 0 Å². The minimum absolute atomic E-state index is 0.293. The van der Waals surface area contributed by atoms with Gasteiger partial charge in [-0.05, 0) is 52.3 Å². The van der Waals surface area contributed by atoms with Crippen molar-refractivity contribution in [3.05, 3.63) is 29.6 Å². The fourth-order valence-corrected chi connectivity index (χ4v) is 2.62. The Morgan fingerprint density at radius 3 is 2.58 bits per heavy atom. The lowest BCUT2D eigenvalue weighted by atomic mass is 10.2. The first-order valence-corrected chi connectivity index (χ1v) is 8.74. The molecule has 7 nitrogen and oxygen atoms in total. The van der Waals surface area contributed by atoms with Gasteiger partial charge in [0.1, 0.15) is 11.4 Å². The third-order valence-electron chi connectivity index (χ3n) is 3.88. The summed E-state index contributed by atoms with van der Waals surface area (Å²) in [6.45, 7) is 9.99. The molecule has 1 N–H and O–H groups in total. The van der Waals surface area contributed by atoms with E-state index < -0.39 is 11.6 Å². The molecule has 0 spiro atoms. The standard InChI is InChI=1S/C19H27N3O4/c1-7-10-22(18(24)26-19(3,4)5)12(2)16-20-14-9-8-13(17(23)25-6)11-15(14)21-16/h8-9,11-12H,7,10H2,1-6H3,(H,20,21)/t12-/m0/s1. The number of esters is 1. The van der Waals surface area contributed by atoms with Crippen molar-refractivity contribution in [3.8, 4) is 0 Å². The SMILES string of the molecule is CCCN(C(=O)OC(C)(C)C)[C@@H](C)c1nc2ccc(C(=O)OC)cc2[nH]1. The first-order valence-electron chi connectivity index (χ1n) is 8.74. The smallest absolute Gasteiger partial charge is 0.410 e. The van der Waals surface area contributed by atoms with Gasteiger partial charge < -0.3 is 14.5 Å². The van der Waals surface area contributed by atoms with E-state index in [2.05, 4.69) is 9.97 Å². The number of imidazole rings is 1. The number of carbonyl (C=O) groups is 2. The van der Waals surface area contributed by atoms with E-state index in [-0.39, 0.29) is 12.1 Å². The first kappa shape index (κ1) is 19.8. The predicted octanol–water partition coefficient (Wildman–Crippen LogP) is 4.06. The lowest BCUT2D eigenvalue weighted by Gasteiger charge is -2.30. The van der Waals surface area contributed by atoms with E-state index in [9.17, 15) is 9.59 Å². The number of ether oxygens (including phenoxy) is 2. The van der Waals surface area contributed by atoms with Gasteiger partial charge in [-0.15, -0.1) is 0 Å². The van der Waals surface area contributed by atoms with E-state index in [1.165, 1.54) is 7.11 Å². The molecule has 0 aliphatic heterocycles. The van der Waals surface area contributed by atoms with Crippen molar-refractivity contribution in [1.29, 1.82) is 0 Å². The summed E-state index contributed by atoms with van der Waals surface area (Å²) in [5.74, 6) is 0.235. The highest BCUT2D eigenvalue weighted by atomic mass is 16.6. The first-order chi connectivity index (χ1) is 12.2. The second kappa shape index (κ2) is 7.76. The number of nitrogens with one attached hydrogen (secondary N) is 1. The molecule has 0 aliphatic rings. The van der Waals surface area contributed by atoms with Gasteiger partial charge in [0.05, 0.1) is 29.7 Å². The van der Waals surface area contributed by atoms with Gasteiger partial charge in [-0.25, -0.2) is 14.6 Å². The van der Waals surface area contributed by atoms with Crippen LogP contribution >= 0.6 is 0 Å². The molecule has 2 aromatic rings. The molecule has 1 aromatic heterocycles. The number of nitrogens with zero attached hydrogens (tertiary/aromatic N) is 2. The van der Waals surface area contributed by atoms with Crippen molar-refractivity contribution >= 4 is 23.1 Å². The summed E-state index contributed by atoms with van der Waals surface area (Å²) in [6, 6.07) is 4.83. The summed E-state index contributed by atoms with van der Waals surface area (Å²) in [4.78, 5) is 33.7. The molecule has 0 unspecified atom stereocenters. The number of amides is 1. The van der Waals surface area contributed by atoms with Crippen LogP contribution < -0.4 is 0 Å². The number of carbonyl (C=O) groups excluding carboxylic acids is 2. The van der Waals surface area contributed by atoms with E-state index in [0.717, 1.165) is 17.5 Å². The van der Waals surface area contributed by atoms with Crippen LogP contribution in [0, 0.1) is 0 Å². The van der Waals surface area contributed by atoms with Gasteiger partial charge in [-0.1, -0.05) is 6.92 Å². The van der Waals surface area contributed by atoms with Crippen molar-refractivity contribution in [3.63, 3.8) is 0 Å². The summed E-state index contributed by atoms with van der Waals surface area (Å²) >= 11 is 0. The van der Waals surface area contributed by atoms with Crippen LogP contribution in [0.1, 0.15) is 63.3 Å². The van der Waals surface area contributed by atoms with Gasteiger partial charge in [0, 0.05) is 6.54 Å². The summed E-state index contributed by atoms with van der Waals surface area (Å²) in [7, 11) is 1.34. The minimum atomic E-state index is -0.563. The Labute approximate surface area is 153 Å². The molecule has 0 saturated heterocycles. The number of fused-ring (bicyclic) bond motifs is 1. The average Bonchev–Trinajstić information content (AvgIpc) is 2.99. The summed E-state index contributed by atoms with van der Waals surface area (Å²) in [5.41, 5.74) is 1.32. The molecule has 0 radical (unpaired) electrons. The molecular formula is C19H27N3O4. The number of aromatic amines is 1. The third kappa shape index (κ3) is 4.53. The van der Waals surface area contributed by atoms with Crippen LogP contribution in [0.25, 0.3) is 11.0 Å². The molecule has 7 heteroatoms.